The molecule has 10 heteroatoms. The number of nitrogens with zero attached hydrogens (tertiary/aromatic N) is 5. The van der Waals surface area contributed by atoms with Crippen LogP contribution < -0.4 is 15.2 Å². The molecule has 0 fully saturated rings. The van der Waals surface area contributed by atoms with Crippen LogP contribution in [-0.2, 0) is 16.1 Å². The molecule has 2 heterocycles. The molecule has 2 rings (SSSR count). The maximum atomic E-state index is 11.2. The van der Waals surface area contributed by atoms with E-state index in [0.717, 1.165) is 5.56 Å². The number of amides is 2. The van der Waals surface area contributed by atoms with Crippen LogP contribution in [0.2, 0.25) is 0 Å². The summed E-state index contributed by atoms with van der Waals surface area (Å²) in [5.74, 6) is 0.535. The molecule has 170 valence electrons. The van der Waals surface area contributed by atoms with Crippen LogP contribution in [0.25, 0.3) is 0 Å². The Morgan fingerprint density at radius 2 is 1.48 bits per heavy atom. The van der Waals surface area contributed by atoms with E-state index in [1.54, 1.807) is 52.6 Å². The summed E-state index contributed by atoms with van der Waals surface area (Å²) in [5, 5.41) is 8.53. The molecular weight excluding hydrogens is 400 g/mol. The van der Waals surface area contributed by atoms with Crippen LogP contribution in [0.1, 0.15) is 21.5 Å². The molecule has 0 atom stereocenters. The number of ether oxygens (including phenoxy) is 2. The van der Waals surface area contributed by atoms with E-state index in [0.29, 0.717) is 23.9 Å². The first-order chi connectivity index (χ1) is 15.3. The normalized spacial score (nSPS) is 9.42. The monoisotopic (exact) mass is 434 g/mol. The minimum absolute atomic E-state index is 0. The molecular formula is C21H32N6O4. The van der Waals surface area contributed by atoms with E-state index in [1.807, 2.05) is 12.1 Å². The zero-order valence-electron chi connectivity index (χ0n) is 19.5. The Bertz CT molecular complexity index is 857. The maximum absolute atomic E-state index is 11.2. The number of nitrogens with two attached hydrogens (primary N) is 1. The molecule has 2 amide bonds. The minimum Gasteiger partial charge on any atom is -0.468 e. The molecule has 0 aliphatic rings. The highest BCUT2D eigenvalue weighted by molar-refractivity contribution is 5.77. The number of rotatable bonds is 7. The maximum Gasteiger partial charge on any atom is 0.260 e. The lowest BCUT2D eigenvalue weighted by atomic mass is 10.3. The molecule has 0 saturated heterocycles. The first kappa shape index (κ1) is 25.3. The van der Waals surface area contributed by atoms with Crippen molar-refractivity contribution in [1.29, 1.82) is 5.26 Å². The molecule has 2 aromatic rings. The second-order valence-electron chi connectivity index (χ2n) is 6.36. The van der Waals surface area contributed by atoms with Crippen LogP contribution in [-0.4, -0.2) is 73.0 Å². The van der Waals surface area contributed by atoms with E-state index in [9.17, 15) is 9.59 Å². The minimum atomic E-state index is -0.138. The van der Waals surface area contributed by atoms with Gasteiger partial charge in [-0.25, -0.2) is 9.97 Å². The highest BCUT2D eigenvalue weighted by atomic mass is 16.5. The van der Waals surface area contributed by atoms with Crippen molar-refractivity contribution in [1.82, 2.24) is 19.8 Å². The van der Waals surface area contributed by atoms with Gasteiger partial charge in [-0.3, -0.25) is 9.59 Å². The van der Waals surface area contributed by atoms with E-state index in [-0.39, 0.29) is 32.5 Å². The number of carbonyl (C=O) groups excluding carboxylic acids is 2. The fourth-order valence-electron chi connectivity index (χ4n) is 1.68. The molecule has 2 N–H and O–H groups in total. The van der Waals surface area contributed by atoms with E-state index in [4.69, 9.17) is 23.4 Å². The first-order valence-electron chi connectivity index (χ1n) is 9.93. The second-order valence-corrected chi connectivity index (χ2v) is 6.36. The first-order valence-corrected chi connectivity index (χ1v) is 8.93. The number of carbonyl (C=O) groups is 2. The topological polar surface area (TPSA) is 135 Å². The summed E-state index contributed by atoms with van der Waals surface area (Å²) in [6.07, 6.45) is 3.03. The summed E-state index contributed by atoms with van der Waals surface area (Å²) in [6, 6.07) is 8.61. The predicted octanol–water partition coefficient (Wildman–Crippen LogP) is 1.31. The quantitative estimate of drug-likeness (QED) is 0.689. The van der Waals surface area contributed by atoms with Crippen molar-refractivity contribution in [2.75, 3.05) is 41.4 Å². The Hall–Kier alpha value is -3.71. The fraction of sp³-hybridized carbons (Fsp3) is 0.381. The Balaban J connectivity index is 0. The molecule has 0 aliphatic heterocycles. The third-order valence-electron chi connectivity index (χ3n) is 3.58. The Kier molecular flexibility index (Phi) is 11.7. The van der Waals surface area contributed by atoms with Crippen LogP contribution in [0, 0.1) is 11.3 Å². The van der Waals surface area contributed by atoms with Gasteiger partial charge in [0.05, 0.1) is 5.56 Å². The SMILES string of the molecule is C.CN(C)C(=O)COc1ccc(C#N)cn1.CN(C)C(=O)COc1ccc(CN)cn1.[2H][2H]. The largest absolute Gasteiger partial charge is 0.468 e. The predicted molar refractivity (Wildman–Crippen MR) is 118 cm³/mol. The third kappa shape index (κ3) is 10.6. The van der Waals surface area contributed by atoms with Crippen molar-refractivity contribution >= 4 is 11.8 Å². The standard InChI is InChI=1S/C10H15N3O2.C10H11N3O2.CH4.H2/c2*1-13(2)10(14)7-15-9-4-3-8(5-11)6-12-9;;/h3-4,6H,5,7,11H2,1-2H3;3-4,6H,7H2,1-2H3;1H4;1H/i;;;1+1D. The molecule has 0 unspecified atom stereocenters. The van der Waals surface area contributed by atoms with E-state index < -0.39 is 0 Å². The van der Waals surface area contributed by atoms with Gasteiger partial charge in [-0.2, -0.15) is 5.26 Å². The second kappa shape index (κ2) is 14.3. The molecule has 0 saturated carbocycles. The highest BCUT2D eigenvalue weighted by Crippen LogP contribution is 2.07. The van der Waals surface area contributed by atoms with Gasteiger partial charge >= 0.3 is 0 Å². The van der Waals surface area contributed by atoms with Crippen molar-refractivity contribution in [3.8, 4) is 17.8 Å². The van der Waals surface area contributed by atoms with Gasteiger partial charge in [0.2, 0.25) is 11.8 Å². The summed E-state index contributed by atoms with van der Waals surface area (Å²) in [6.45, 7) is 0.401. The zero-order valence-corrected chi connectivity index (χ0v) is 17.5. The van der Waals surface area contributed by atoms with Crippen molar-refractivity contribution < 1.29 is 22.0 Å². The Morgan fingerprint density at radius 3 is 1.81 bits per heavy atom. The molecule has 0 aliphatic carbocycles. The van der Waals surface area contributed by atoms with Crippen molar-refractivity contribution in [2.24, 2.45) is 5.73 Å². The molecule has 0 aromatic carbocycles. The molecule has 0 bridgehead atoms. The molecule has 10 nitrogen and oxygen atoms in total. The van der Waals surface area contributed by atoms with E-state index in [2.05, 4.69) is 9.97 Å². The van der Waals surface area contributed by atoms with Crippen LogP contribution in [0.3, 0.4) is 0 Å². The molecule has 31 heavy (non-hydrogen) atoms. The van der Waals surface area contributed by atoms with Gasteiger partial charge < -0.3 is 25.0 Å². The van der Waals surface area contributed by atoms with Crippen LogP contribution in [0.5, 0.6) is 11.8 Å². The van der Waals surface area contributed by atoms with Gasteiger partial charge in [0.25, 0.3) is 11.8 Å². The molecule has 0 spiro atoms. The fourth-order valence-corrected chi connectivity index (χ4v) is 1.68. The summed E-state index contributed by atoms with van der Waals surface area (Å²) >= 11 is 0. The Labute approximate surface area is 186 Å². The zero-order chi connectivity index (χ0) is 24.5. The lowest BCUT2D eigenvalue weighted by Gasteiger charge is -2.10. The van der Waals surface area contributed by atoms with Crippen molar-refractivity contribution in [2.45, 2.75) is 14.0 Å². The number of pyridine rings is 2. The smallest absolute Gasteiger partial charge is 0.260 e. The van der Waals surface area contributed by atoms with Gasteiger partial charge in [0.1, 0.15) is 6.07 Å². The summed E-state index contributed by atoms with van der Waals surface area (Å²) in [4.78, 5) is 33.1. The van der Waals surface area contributed by atoms with Crippen molar-refractivity contribution in [3.05, 3.63) is 47.8 Å². The Morgan fingerprint density at radius 1 is 1.00 bits per heavy atom. The molecule has 2 aromatic heterocycles. The number of hydrogen-bond acceptors (Lipinski definition) is 8. The van der Waals surface area contributed by atoms with Crippen LogP contribution in [0.15, 0.2) is 36.7 Å². The van der Waals surface area contributed by atoms with Gasteiger partial charge in [-0.15, -0.1) is 0 Å². The van der Waals surface area contributed by atoms with Crippen LogP contribution in [0.4, 0.5) is 0 Å². The number of nitriles is 1. The molecule has 0 radical (unpaired) electrons. The van der Waals surface area contributed by atoms with E-state index in [1.165, 1.54) is 16.0 Å². The van der Waals surface area contributed by atoms with Crippen molar-refractivity contribution in [3.63, 3.8) is 0 Å². The number of hydrogen-bond donors (Lipinski definition) is 1. The van der Waals surface area contributed by atoms with Gasteiger partial charge in [0, 0.05) is 62.2 Å². The lowest BCUT2D eigenvalue weighted by molar-refractivity contribution is -0.131. The summed E-state index contributed by atoms with van der Waals surface area (Å²) in [5.41, 5.74) is 6.81. The lowest BCUT2D eigenvalue weighted by Crippen LogP contribution is -2.27. The van der Waals surface area contributed by atoms with Gasteiger partial charge in [0.15, 0.2) is 13.2 Å². The summed E-state index contributed by atoms with van der Waals surface area (Å²) in [7, 11) is 6.66. The third-order valence-corrected chi connectivity index (χ3v) is 3.58. The van der Waals surface area contributed by atoms with E-state index >= 15 is 0 Å². The van der Waals surface area contributed by atoms with Gasteiger partial charge in [-0.1, -0.05) is 13.5 Å². The summed E-state index contributed by atoms with van der Waals surface area (Å²) < 4.78 is 20.3. The highest BCUT2D eigenvalue weighted by Gasteiger charge is 2.06. The average Bonchev–Trinajstić information content (AvgIpc) is 2.83. The number of likely N-dealkylation sites (N-methyl/N-ethyl adjacent to an activating group) is 2. The van der Waals surface area contributed by atoms with Crippen LogP contribution >= 0.6 is 0 Å². The van der Waals surface area contributed by atoms with Gasteiger partial charge in [-0.05, 0) is 11.6 Å². The average molecular weight is 435 g/mol. The number of aromatic nitrogens is 2.